The highest BCUT2D eigenvalue weighted by atomic mass is 32.1. The maximum Gasteiger partial charge on any atom is 0.159 e. The molecule has 0 unspecified atom stereocenters. The summed E-state index contributed by atoms with van der Waals surface area (Å²) in [5.74, 6) is 0.340. The molecule has 1 aromatic heterocycles. The van der Waals surface area contributed by atoms with E-state index in [1.165, 1.54) is 18.3 Å². The predicted molar refractivity (Wildman–Crippen MR) is 113 cm³/mol. The van der Waals surface area contributed by atoms with E-state index in [1.54, 1.807) is 29.2 Å². The van der Waals surface area contributed by atoms with Crippen molar-refractivity contribution in [2.45, 2.75) is 13.8 Å². The number of nitrogens with zero attached hydrogens (tertiary/aromatic N) is 2. The summed E-state index contributed by atoms with van der Waals surface area (Å²) in [6, 6.07) is 17.0. The summed E-state index contributed by atoms with van der Waals surface area (Å²) in [6.45, 7) is 3.73. The van der Waals surface area contributed by atoms with Crippen LogP contribution in [0.3, 0.4) is 0 Å². The molecule has 1 aliphatic heterocycles. The fraction of sp³-hybridized carbons (Fsp3) is 0.136. The van der Waals surface area contributed by atoms with Crippen LogP contribution in [-0.2, 0) is 0 Å². The average molecular weight is 389 g/mol. The summed E-state index contributed by atoms with van der Waals surface area (Å²) >= 11 is 1.48. The first-order valence-corrected chi connectivity index (χ1v) is 9.70. The van der Waals surface area contributed by atoms with Crippen molar-refractivity contribution in [3.05, 3.63) is 75.8 Å². The van der Waals surface area contributed by atoms with Gasteiger partial charge in [0.05, 0.1) is 17.8 Å². The van der Waals surface area contributed by atoms with Crippen LogP contribution in [-0.4, -0.2) is 28.3 Å². The van der Waals surface area contributed by atoms with Crippen molar-refractivity contribution in [1.29, 1.82) is 5.41 Å². The molecule has 1 aliphatic rings. The van der Waals surface area contributed by atoms with Gasteiger partial charge >= 0.3 is 0 Å². The average Bonchev–Trinajstić information content (AvgIpc) is 3.21. The third-order valence-corrected chi connectivity index (χ3v) is 5.73. The molecular formula is C22H19N3O2S. The highest BCUT2D eigenvalue weighted by Gasteiger charge is 2.31. The van der Waals surface area contributed by atoms with Gasteiger partial charge in [-0.1, -0.05) is 30.3 Å². The minimum atomic E-state index is -0.00332. The first kappa shape index (κ1) is 18.1. The Kier molecular flexibility index (Phi) is 4.57. The number of aliphatic hydroxyl groups is 1. The van der Waals surface area contributed by atoms with Crippen molar-refractivity contribution in [2.24, 2.45) is 0 Å². The molecule has 4 rings (SSSR count). The highest BCUT2D eigenvalue weighted by Crippen LogP contribution is 2.36. The van der Waals surface area contributed by atoms with Gasteiger partial charge in [-0.3, -0.25) is 10.2 Å². The second-order valence-electron chi connectivity index (χ2n) is 6.65. The van der Waals surface area contributed by atoms with Crippen molar-refractivity contribution in [2.75, 3.05) is 11.4 Å². The molecule has 2 N–H and O–H groups in total. The van der Waals surface area contributed by atoms with Crippen molar-refractivity contribution in [1.82, 2.24) is 4.98 Å². The zero-order valence-corrected chi connectivity index (χ0v) is 16.4. The lowest BCUT2D eigenvalue weighted by molar-refractivity contribution is 0.101. The number of anilines is 1. The third-order valence-electron chi connectivity index (χ3n) is 4.75. The Bertz CT molecular complexity index is 1100. The van der Waals surface area contributed by atoms with Crippen molar-refractivity contribution in [3.63, 3.8) is 0 Å². The SMILES string of the molecule is CC(=O)c1ccc(N2CC(O)=C(c3nc(-c4ccccc4)c(C)s3)C2=N)cc1. The fourth-order valence-electron chi connectivity index (χ4n) is 3.27. The number of carbonyl (C=O) groups is 1. The normalized spacial score (nSPS) is 14.1. The highest BCUT2D eigenvalue weighted by molar-refractivity contribution is 7.13. The molecule has 0 amide bonds. The topological polar surface area (TPSA) is 77.3 Å². The molecule has 3 aromatic rings. The van der Waals surface area contributed by atoms with Crippen LogP contribution in [0.1, 0.15) is 27.2 Å². The molecule has 2 heterocycles. The van der Waals surface area contributed by atoms with Gasteiger partial charge in [0.1, 0.15) is 16.6 Å². The summed E-state index contributed by atoms with van der Waals surface area (Å²) in [5, 5.41) is 19.8. The van der Waals surface area contributed by atoms with E-state index in [4.69, 9.17) is 10.4 Å². The van der Waals surface area contributed by atoms with Crippen LogP contribution in [0.5, 0.6) is 0 Å². The molecule has 6 heteroatoms. The number of benzene rings is 2. The molecule has 0 bridgehead atoms. The van der Waals surface area contributed by atoms with E-state index in [2.05, 4.69) is 0 Å². The molecule has 0 saturated heterocycles. The van der Waals surface area contributed by atoms with Gasteiger partial charge in [-0.05, 0) is 38.1 Å². The molecule has 28 heavy (non-hydrogen) atoms. The van der Waals surface area contributed by atoms with Crippen LogP contribution in [0.15, 0.2) is 60.4 Å². The Balaban J connectivity index is 1.65. The Morgan fingerprint density at radius 3 is 2.46 bits per heavy atom. The number of nitrogens with one attached hydrogen (secondary N) is 1. The van der Waals surface area contributed by atoms with Crippen molar-refractivity contribution < 1.29 is 9.90 Å². The predicted octanol–water partition coefficient (Wildman–Crippen LogP) is 5.09. The Morgan fingerprint density at radius 1 is 1.14 bits per heavy atom. The Hall–Kier alpha value is -3.25. The fourth-order valence-corrected chi connectivity index (χ4v) is 4.27. The van der Waals surface area contributed by atoms with Gasteiger partial charge in [0.15, 0.2) is 5.78 Å². The van der Waals surface area contributed by atoms with Crippen LogP contribution >= 0.6 is 11.3 Å². The molecule has 0 fully saturated rings. The molecule has 140 valence electrons. The van der Waals surface area contributed by atoms with Gasteiger partial charge in [0.2, 0.25) is 0 Å². The molecule has 0 spiro atoms. The Morgan fingerprint density at radius 2 is 1.82 bits per heavy atom. The number of thiazole rings is 1. The largest absolute Gasteiger partial charge is 0.510 e. The second-order valence-corrected chi connectivity index (χ2v) is 7.85. The van der Waals surface area contributed by atoms with Crippen molar-refractivity contribution in [3.8, 4) is 11.3 Å². The number of Topliss-reactive ketones (excluding diaryl/α,β-unsaturated/α-hetero) is 1. The number of aromatic nitrogens is 1. The molecule has 0 atom stereocenters. The summed E-state index contributed by atoms with van der Waals surface area (Å²) in [5.41, 5.74) is 3.73. The number of hydrogen-bond acceptors (Lipinski definition) is 5. The minimum absolute atomic E-state index is 0.00332. The Labute approximate surface area is 167 Å². The molecule has 0 aliphatic carbocycles. The molecule has 2 aromatic carbocycles. The van der Waals surface area contributed by atoms with E-state index < -0.39 is 0 Å². The van der Waals surface area contributed by atoms with Crippen LogP contribution in [0, 0.1) is 12.3 Å². The van der Waals surface area contributed by atoms with Crippen LogP contribution in [0.25, 0.3) is 16.8 Å². The van der Waals surface area contributed by atoms with Gasteiger partial charge in [0, 0.05) is 21.7 Å². The lowest BCUT2D eigenvalue weighted by Crippen LogP contribution is -2.26. The number of amidine groups is 1. The van der Waals surface area contributed by atoms with E-state index in [0.717, 1.165) is 21.8 Å². The van der Waals surface area contributed by atoms with E-state index in [1.807, 2.05) is 37.3 Å². The van der Waals surface area contributed by atoms with Crippen LogP contribution < -0.4 is 4.90 Å². The molecule has 0 saturated carbocycles. The lowest BCUT2D eigenvalue weighted by Gasteiger charge is -2.18. The quantitative estimate of drug-likeness (QED) is 0.610. The molecular weight excluding hydrogens is 370 g/mol. The zero-order chi connectivity index (χ0) is 19.8. The van der Waals surface area contributed by atoms with E-state index in [9.17, 15) is 9.90 Å². The first-order chi connectivity index (χ1) is 13.5. The zero-order valence-electron chi connectivity index (χ0n) is 15.6. The first-order valence-electron chi connectivity index (χ1n) is 8.88. The summed E-state index contributed by atoms with van der Waals surface area (Å²) in [7, 11) is 0. The van der Waals surface area contributed by atoms with E-state index in [0.29, 0.717) is 16.1 Å². The number of ketones is 1. The number of aryl methyl sites for hydroxylation is 1. The number of hydrogen-bond donors (Lipinski definition) is 2. The minimum Gasteiger partial charge on any atom is -0.510 e. The number of rotatable bonds is 4. The molecule has 0 radical (unpaired) electrons. The van der Waals surface area contributed by atoms with Crippen LogP contribution in [0.4, 0.5) is 5.69 Å². The monoisotopic (exact) mass is 389 g/mol. The van der Waals surface area contributed by atoms with Gasteiger partial charge in [-0.2, -0.15) is 0 Å². The smallest absolute Gasteiger partial charge is 0.159 e. The number of aliphatic hydroxyl groups excluding tert-OH is 1. The van der Waals surface area contributed by atoms with Gasteiger partial charge in [0.25, 0.3) is 0 Å². The molecule has 5 nitrogen and oxygen atoms in total. The lowest BCUT2D eigenvalue weighted by atomic mass is 10.1. The summed E-state index contributed by atoms with van der Waals surface area (Å²) < 4.78 is 0. The standard InChI is InChI=1S/C22H19N3O2S/c1-13(26)15-8-10-17(11-9-15)25-12-18(27)19(21(25)23)22-24-20(14(2)28-22)16-6-4-3-5-7-16/h3-11,23,27H,12H2,1-2H3. The summed E-state index contributed by atoms with van der Waals surface area (Å²) in [6.07, 6.45) is 0. The van der Waals surface area contributed by atoms with Crippen LogP contribution in [0.2, 0.25) is 0 Å². The maximum absolute atomic E-state index is 11.5. The third kappa shape index (κ3) is 3.12. The van der Waals surface area contributed by atoms with E-state index in [-0.39, 0.29) is 23.9 Å². The van der Waals surface area contributed by atoms with Gasteiger partial charge in [-0.25, -0.2) is 4.98 Å². The summed E-state index contributed by atoms with van der Waals surface area (Å²) in [4.78, 5) is 18.9. The van der Waals surface area contributed by atoms with Gasteiger partial charge in [-0.15, -0.1) is 11.3 Å². The van der Waals surface area contributed by atoms with Crippen molar-refractivity contribution >= 4 is 34.2 Å². The van der Waals surface area contributed by atoms with Gasteiger partial charge < -0.3 is 10.0 Å². The maximum atomic E-state index is 11.5. The number of carbonyl (C=O) groups excluding carboxylic acids is 1. The van der Waals surface area contributed by atoms with E-state index >= 15 is 0 Å². The second kappa shape index (κ2) is 7.05.